The van der Waals surface area contributed by atoms with Gasteiger partial charge >= 0.3 is 0 Å². The average Bonchev–Trinajstić information content (AvgIpc) is 2.93. The molecule has 1 aliphatic rings. The number of amides is 1. The third kappa shape index (κ3) is 4.47. The fourth-order valence-corrected chi connectivity index (χ4v) is 2.60. The number of nitrogens with zero attached hydrogens (tertiary/aromatic N) is 2. The Morgan fingerprint density at radius 2 is 2.09 bits per heavy atom. The summed E-state index contributed by atoms with van der Waals surface area (Å²) in [5.74, 6) is 0.549. The van der Waals surface area contributed by atoms with Crippen LogP contribution in [0.2, 0.25) is 5.02 Å². The van der Waals surface area contributed by atoms with Gasteiger partial charge < -0.3 is 9.74 Å². The molecule has 5 heteroatoms. The predicted octanol–water partition coefficient (Wildman–Crippen LogP) is 3.73. The van der Waals surface area contributed by atoms with Gasteiger partial charge in [-0.2, -0.15) is 0 Å². The Bertz CT molecular complexity index is 540. The van der Waals surface area contributed by atoms with Crippen molar-refractivity contribution in [3.8, 4) is 0 Å². The molecule has 0 spiro atoms. The van der Waals surface area contributed by atoms with Crippen LogP contribution < -0.4 is 0 Å². The van der Waals surface area contributed by atoms with Crippen LogP contribution in [0.25, 0.3) is 0 Å². The number of rotatable bonds is 6. The van der Waals surface area contributed by atoms with E-state index in [1.165, 1.54) is 0 Å². The quantitative estimate of drug-likeness (QED) is 0.801. The van der Waals surface area contributed by atoms with Gasteiger partial charge in [-0.3, -0.25) is 4.79 Å². The standard InChI is InChI=1S/C17H23ClN2O2/c1-4-20(17(21)9-12(2)3)11-15-10-16(19-22-15)13-5-7-14(18)8-6-13/h5-8,12,15H,4,9-11H2,1-3H3/t15-/m1/s1. The highest BCUT2D eigenvalue weighted by atomic mass is 35.5. The second-order valence-corrected chi connectivity index (χ2v) is 6.44. The molecule has 1 amide bonds. The molecule has 0 aromatic heterocycles. The lowest BCUT2D eigenvalue weighted by Crippen LogP contribution is -2.38. The van der Waals surface area contributed by atoms with Crippen molar-refractivity contribution in [2.45, 2.75) is 39.7 Å². The maximum atomic E-state index is 12.2. The lowest BCUT2D eigenvalue weighted by atomic mass is 10.0. The second-order valence-electron chi connectivity index (χ2n) is 6.01. The molecule has 4 nitrogen and oxygen atoms in total. The predicted molar refractivity (Wildman–Crippen MR) is 89.2 cm³/mol. The molecule has 1 aromatic carbocycles. The van der Waals surface area contributed by atoms with Crippen LogP contribution in [-0.4, -0.2) is 35.7 Å². The monoisotopic (exact) mass is 322 g/mol. The Balaban J connectivity index is 1.91. The Labute approximate surface area is 137 Å². The largest absolute Gasteiger partial charge is 0.390 e. The summed E-state index contributed by atoms with van der Waals surface area (Å²) in [6, 6.07) is 7.57. The van der Waals surface area contributed by atoms with Crippen LogP contribution in [0.4, 0.5) is 0 Å². The summed E-state index contributed by atoms with van der Waals surface area (Å²) >= 11 is 5.90. The zero-order valence-corrected chi connectivity index (χ0v) is 14.1. The Morgan fingerprint density at radius 3 is 2.68 bits per heavy atom. The van der Waals surface area contributed by atoms with Gasteiger partial charge in [-0.15, -0.1) is 0 Å². The zero-order chi connectivity index (χ0) is 16.1. The zero-order valence-electron chi connectivity index (χ0n) is 13.4. The van der Waals surface area contributed by atoms with E-state index >= 15 is 0 Å². The Hall–Kier alpha value is -1.55. The fourth-order valence-electron chi connectivity index (χ4n) is 2.47. The van der Waals surface area contributed by atoms with Crippen LogP contribution >= 0.6 is 11.6 Å². The number of hydrogen-bond donors (Lipinski definition) is 0. The first-order valence-electron chi connectivity index (χ1n) is 7.76. The molecular formula is C17H23ClN2O2. The number of carbonyl (C=O) groups excluding carboxylic acids is 1. The molecule has 2 rings (SSSR count). The van der Waals surface area contributed by atoms with E-state index in [1.807, 2.05) is 36.1 Å². The molecule has 0 unspecified atom stereocenters. The third-order valence-electron chi connectivity index (χ3n) is 3.65. The van der Waals surface area contributed by atoms with Crippen LogP contribution in [0.3, 0.4) is 0 Å². The molecule has 0 radical (unpaired) electrons. The van der Waals surface area contributed by atoms with E-state index in [2.05, 4.69) is 19.0 Å². The van der Waals surface area contributed by atoms with Gasteiger partial charge in [-0.1, -0.05) is 42.7 Å². The first-order chi connectivity index (χ1) is 10.5. The molecule has 1 aromatic rings. The first kappa shape index (κ1) is 16.8. The summed E-state index contributed by atoms with van der Waals surface area (Å²) in [5.41, 5.74) is 1.93. The normalized spacial score (nSPS) is 17.3. The highest BCUT2D eigenvalue weighted by Crippen LogP contribution is 2.19. The molecule has 0 aliphatic carbocycles. The van der Waals surface area contributed by atoms with E-state index in [9.17, 15) is 4.79 Å². The first-order valence-corrected chi connectivity index (χ1v) is 8.13. The molecule has 120 valence electrons. The third-order valence-corrected chi connectivity index (χ3v) is 3.90. The lowest BCUT2D eigenvalue weighted by molar-refractivity contribution is -0.133. The van der Waals surface area contributed by atoms with Crippen molar-refractivity contribution < 1.29 is 9.63 Å². The topological polar surface area (TPSA) is 41.9 Å². The summed E-state index contributed by atoms with van der Waals surface area (Å²) in [5, 5.41) is 4.87. The van der Waals surface area contributed by atoms with Gasteiger partial charge in [0.15, 0.2) is 6.10 Å². The molecule has 1 aliphatic heterocycles. The summed E-state index contributed by atoms with van der Waals surface area (Å²) < 4.78 is 0. The molecule has 0 saturated heterocycles. The van der Waals surface area contributed by atoms with Crippen molar-refractivity contribution in [2.24, 2.45) is 11.1 Å². The van der Waals surface area contributed by atoms with Gasteiger partial charge in [0.2, 0.25) is 5.91 Å². The van der Waals surface area contributed by atoms with Crippen molar-refractivity contribution >= 4 is 23.2 Å². The van der Waals surface area contributed by atoms with Gasteiger partial charge in [0.05, 0.1) is 12.3 Å². The fraction of sp³-hybridized carbons (Fsp3) is 0.529. The molecule has 0 saturated carbocycles. The van der Waals surface area contributed by atoms with E-state index in [4.69, 9.17) is 16.4 Å². The van der Waals surface area contributed by atoms with Gasteiger partial charge in [-0.05, 0) is 30.5 Å². The molecular weight excluding hydrogens is 300 g/mol. The van der Waals surface area contributed by atoms with Gasteiger partial charge in [-0.25, -0.2) is 0 Å². The molecule has 0 N–H and O–H groups in total. The minimum atomic E-state index is -0.0678. The van der Waals surface area contributed by atoms with Gasteiger partial charge in [0.1, 0.15) is 0 Å². The number of hydrogen-bond acceptors (Lipinski definition) is 3. The minimum Gasteiger partial charge on any atom is -0.390 e. The maximum Gasteiger partial charge on any atom is 0.222 e. The van der Waals surface area contributed by atoms with Crippen molar-refractivity contribution in [3.05, 3.63) is 34.9 Å². The highest BCUT2D eigenvalue weighted by Gasteiger charge is 2.26. The second kappa shape index (κ2) is 7.63. The van der Waals surface area contributed by atoms with E-state index in [0.29, 0.717) is 36.9 Å². The van der Waals surface area contributed by atoms with E-state index in [1.54, 1.807) is 0 Å². The highest BCUT2D eigenvalue weighted by molar-refractivity contribution is 6.30. The van der Waals surface area contributed by atoms with Crippen molar-refractivity contribution in [1.82, 2.24) is 4.90 Å². The summed E-state index contributed by atoms with van der Waals surface area (Å²) in [4.78, 5) is 19.5. The molecule has 22 heavy (non-hydrogen) atoms. The summed E-state index contributed by atoms with van der Waals surface area (Å²) in [6.07, 6.45) is 1.22. The Morgan fingerprint density at radius 1 is 1.41 bits per heavy atom. The smallest absolute Gasteiger partial charge is 0.222 e. The van der Waals surface area contributed by atoms with Crippen molar-refractivity contribution in [1.29, 1.82) is 0 Å². The lowest BCUT2D eigenvalue weighted by Gasteiger charge is -2.24. The number of likely N-dealkylation sites (N-methyl/N-ethyl adjacent to an activating group) is 1. The Kier molecular flexibility index (Phi) is 5.83. The van der Waals surface area contributed by atoms with Crippen LogP contribution in [0.1, 0.15) is 39.2 Å². The number of benzene rings is 1. The SMILES string of the molecule is CCN(C[C@H]1CC(c2ccc(Cl)cc2)=NO1)C(=O)CC(C)C. The van der Waals surface area contributed by atoms with E-state index < -0.39 is 0 Å². The minimum absolute atomic E-state index is 0.0678. The number of oxime groups is 1. The van der Waals surface area contributed by atoms with Gasteiger partial charge in [0.25, 0.3) is 0 Å². The van der Waals surface area contributed by atoms with Crippen LogP contribution in [0.5, 0.6) is 0 Å². The number of halogens is 1. The molecule has 0 fully saturated rings. The van der Waals surface area contributed by atoms with Crippen LogP contribution in [0, 0.1) is 5.92 Å². The van der Waals surface area contributed by atoms with E-state index in [-0.39, 0.29) is 12.0 Å². The molecule has 1 atom stereocenters. The number of carbonyl (C=O) groups is 1. The maximum absolute atomic E-state index is 12.2. The van der Waals surface area contributed by atoms with Crippen LogP contribution in [-0.2, 0) is 9.63 Å². The molecule has 0 bridgehead atoms. The van der Waals surface area contributed by atoms with Crippen LogP contribution in [0.15, 0.2) is 29.4 Å². The average molecular weight is 323 g/mol. The summed E-state index contributed by atoms with van der Waals surface area (Å²) in [6.45, 7) is 7.39. The summed E-state index contributed by atoms with van der Waals surface area (Å²) in [7, 11) is 0. The van der Waals surface area contributed by atoms with Crippen molar-refractivity contribution in [2.75, 3.05) is 13.1 Å². The van der Waals surface area contributed by atoms with E-state index in [0.717, 1.165) is 11.3 Å². The van der Waals surface area contributed by atoms with Crippen molar-refractivity contribution in [3.63, 3.8) is 0 Å². The molecule has 1 heterocycles. The van der Waals surface area contributed by atoms with Gasteiger partial charge in [0, 0.05) is 24.4 Å².